The van der Waals surface area contributed by atoms with Gasteiger partial charge in [0, 0.05) is 50.2 Å². The number of nitro groups is 1. The minimum absolute atomic E-state index is 0.145. The smallest absolute Gasteiger partial charge is 0.269 e. The topological polar surface area (TPSA) is 55.6 Å². The Labute approximate surface area is 181 Å². The molecule has 2 aromatic carbocycles. The molecule has 1 aliphatic heterocycles. The molecule has 1 aliphatic rings. The van der Waals surface area contributed by atoms with Gasteiger partial charge in [-0.05, 0) is 29.3 Å². The van der Waals surface area contributed by atoms with Gasteiger partial charge in [0.2, 0.25) is 0 Å². The zero-order valence-electron chi connectivity index (χ0n) is 18.8. The third kappa shape index (κ3) is 5.36. The number of nitrogens with zero attached hydrogens (tertiary/aromatic N) is 2. The number of nitro benzene ring substituents is 1. The molecule has 3 rings (SSSR count). The number of hydrogen-bond donors (Lipinski definition) is 0. The predicted octanol–water partition coefficient (Wildman–Crippen LogP) is 5.83. The van der Waals surface area contributed by atoms with E-state index in [4.69, 9.17) is 4.43 Å². The largest absolute Gasteiger partial charge is 0.416 e. The number of hydrogen-bond acceptors (Lipinski definition) is 4. The molecular formula is C24H34N2O3Si. The Balaban J connectivity index is 1.77. The van der Waals surface area contributed by atoms with Crippen LogP contribution in [0.5, 0.6) is 0 Å². The molecule has 0 aromatic heterocycles. The van der Waals surface area contributed by atoms with E-state index in [0.29, 0.717) is 11.8 Å². The van der Waals surface area contributed by atoms with Crippen LogP contribution in [0.25, 0.3) is 0 Å². The van der Waals surface area contributed by atoms with Crippen LogP contribution in [0.3, 0.4) is 0 Å². The summed E-state index contributed by atoms with van der Waals surface area (Å²) >= 11 is 0. The van der Waals surface area contributed by atoms with Crippen molar-refractivity contribution < 1.29 is 9.35 Å². The molecule has 1 heterocycles. The Hall–Kier alpha value is -2.02. The number of likely N-dealkylation sites (tertiary alicyclic amines) is 1. The van der Waals surface area contributed by atoms with Crippen molar-refractivity contribution in [1.82, 2.24) is 4.90 Å². The van der Waals surface area contributed by atoms with Crippen LogP contribution >= 0.6 is 0 Å². The van der Waals surface area contributed by atoms with E-state index in [9.17, 15) is 10.1 Å². The lowest BCUT2D eigenvalue weighted by Crippen LogP contribution is -2.42. The monoisotopic (exact) mass is 426 g/mol. The summed E-state index contributed by atoms with van der Waals surface area (Å²) in [6, 6.07) is 17.6. The Bertz CT molecular complexity index is 847. The van der Waals surface area contributed by atoms with E-state index < -0.39 is 8.32 Å². The van der Waals surface area contributed by atoms with Gasteiger partial charge >= 0.3 is 0 Å². The third-order valence-corrected chi connectivity index (χ3v) is 11.3. The quantitative estimate of drug-likeness (QED) is 0.317. The zero-order valence-corrected chi connectivity index (χ0v) is 19.8. The highest BCUT2D eigenvalue weighted by Gasteiger charge is 2.40. The molecule has 0 amide bonds. The van der Waals surface area contributed by atoms with Gasteiger partial charge < -0.3 is 4.43 Å². The molecule has 1 fully saturated rings. The van der Waals surface area contributed by atoms with Gasteiger partial charge in [-0.25, -0.2) is 0 Å². The van der Waals surface area contributed by atoms with Crippen molar-refractivity contribution in [3.05, 3.63) is 75.8 Å². The molecule has 0 bridgehead atoms. The summed E-state index contributed by atoms with van der Waals surface area (Å²) in [5.74, 6) is 0.698. The van der Waals surface area contributed by atoms with E-state index >= 15 is 0 Å². The molecule has 2 atom stereocenters. The van der Waals surface area contributed by atoms with Gasteiger partial charge in [0.25, 0.3) is 5.69 Å². The lowest BCUT2D eigenvalue weighted by atomic mass is 9.89. The second kappa shape index (κ2) is 9.00. The van der Waals surface area contributed by atoms with E-state index in [1.54, 1.807) is 12.1 Å². The molecule has 5 nitrogen and oxygen atoms in total. The summed E-state index contributed by atoms with van der Waals surface area (Å²) in [5.41, 5.74) is 2.62. The molecular weight excluding hydrogens is 392 g/mol. The van der Waals surface area contributed by atoms with E-state index in [0.717, 1.165) is 26.2 Å². The molecule has 0 radical (unpaired) electrons. The van der Waals surface area contributed by atoms with Gasteiger partial charge in [-0.2, -0.15) is 0 Å². The molecule has 162 valence electrons. The maximum Gasteiger partial charge on any atom is 0.269 e. The third-order valence-electron chi connectivity index (χ3n) is 6.76. The fraction of sp³-hybridized carbons (Fsp3) is 0.500. The lowest BCUT2D eigenvalue weighted by Gasteiger charge is -2.37. The van der Waals surface area contributed by atoms with Crippen molar-refractivity contribution >= 4 is 14.0 Å². The maximum atomic E-state index is 11.0. The van der Waals surface area contributed by atoms with Gasteiger partial charge in [0.05, 0.1) is 4.92 Å². The van der Waals surface area contributed by atoms with E-state index in [2.05, 4.69) is 63.0 Å². The van der Waals surface area contributed by atoms with Crippen molar-refractivity contribution in [3.8, 4) is 0 Å². The average molecular weight is 427 g/mol. The van der Waals surface area contributed by atoms with Crippen LogP contribution in [0, 0.1) is 16.0 Å². The fourth-order valence-corrected chi connectivity index (χ4v) is 4.92. The summed E-state index contributed by atoms with van der Waals surface area (Å²) in [5, 5.41) is 11.2. The van der Waals surface area contributed by atoms with Crippen molar-refractivity contribution in [3.63, 3.8) is 0 Å². The van der Waals surface area contributed by atoms with Gasteiger partial charge in [0.15, 0.2) is 8.32 Å². The first-order valence-corrected chi connectivity index (χ1v) is 13.6. The standard InChI is InChI=1S/C24H34N2O3Si/c1-24(2,3)30(4,5)29-18-21-16-25(15-19-9-7-6-8-10-19)17-23(21)20-11-13-22(14-12-20)26(27)28/h6-14,21,23H,15-18H2,1-5H3/t21-,23-/m1/s1. The molecule has 0 unspecified atom stereocenters. The van der Waals surface area contributed by atoms with Crippen molar-refractivity contribution in [1.29, 1.82) is 0 Å². The Kier molecular flexibility index (Phi) is 6.80. The van der Waals surface area contributed by atoms with Gasteiger partial charge in [-0.15, -0.1) is 0 Å². The molecule has 0 aliphatic carbocycles. The fourth-order valence-electron chi connectivity index (χ4n) is 3.85. The predicted molar refractivity (Wildman–Crippen MR) is 124 cm³/mol. The first-order chi connectivity index (χ1) is 14.1. The zero-order chi connectivity index (χ0) is 21.9. The summed E-state index contributed by atoms with van der Waals surface area (Å²) < 4.78 is 6.59. The highest BCUT2D eigenvalue weighted by atomic mass is 28.4. The Morgan fingerprint density at radius 2 is 1.70 bits per heavy atom. The van der Waals surface area contributed by atoms with E-state index in [1.165, 1.54) is 11.1 Å². The van der Waals surface area contributed by atoms with Gasteiger partial charge in [-0.3, -0.25) is 15.0 Å². The summed E-state index contributed by atoms with van der Waals surface area (Å²) in [4.78, 5) is 13.2. The van der Waals surface area contributed by atoms with Crippen LogP contribution in [0.2, 0.25) is 18.1 Å². The first kappa shape index (κ1) is 22.7. The Morgan fingerprint density at radius 1 is 1.07 bits per heavy atom. The summed E-state index contributed by atoms with van der Waals surface area (Å²) in [6.07, 6.45) is 0. The lowest BCUT2D eigenvalue weighted by molar-refractivity contribution is -0.384. The highest BCUT2D eigenvalue weighted by molar-refractivity contribution is 6.74. The Morgan fingerprint density at radius 3 is 2.27 bits per heavy atom. The van der Waals surface area contributed by atoms with Crippen LogP contribution in [-0.4, -0.2) is 37.8 Å². The van der Waals surface area contributed by atoms with Crippen LogP contribution in [0.15, 0.2) is 54.6 Å². The van der Waals surface area contributed by atoms with E-state index in [-0.39, 0.29) is 15.6 Å². The molecule has 2 aromatic rings. The first-order valence-electron chi connectivity index (χ1n) is 10.7. The van der Waals surface area contributed by atoms with Gasteiger partial charge in [-0.1, -0.05) is 63.2 Å². The van der Waals surface area contributed by atoms with E-state index in [1.807, 2.05) is 18.2 Å². The summed E-state index contributed by atoms with van der Waals surface area (Å²) in [7, 11) is -1.83. The minimum atomic E-state index is -1.83. The minimum Gasteiger partial charge on any atom is -0.416 e. The highest BCUT2D eigenvalue weighted by Crippen LogP contribution is 2.39. The van der Waals surface area contributed by atoms with Crippen molar-refractivity contribution in [2.24, 2.45) is 5.92 Å². The maximum absolute atomic E-state index is 11.0. The second-order valence-corrected chi connectivity index (χ2v) is 14.8. The van der Waals surface area contributed by atoms with Crippen LogP contribution in [-0.2, 0) is 11.0 Å². The average Bonchev–Trinajstić information content (AvgIpc) is 3.09. The molecule has 0 N–H and O–H groups in total. The SMILES string of the molecule is CC(C)(C)[Si](C)(C)OC[C@H]1CN(Cc2ccccc2)C[C@@H]1c1ccc([N+](=O)[O-])cc1. The molecule has 0 saturated carbocycles. The van der Waals surface area contributed by atoms with Gasteiger partial charge in [0.1, 0.15) is 0 Å². The van der Waals surface area contributed by atoms with Crippen molar-refractivity contribution in [2.75, 3.05) is 19.7 Å². The molecule has 0 spiro atoms. The summed E-state index contributed by atoms with van der Waals surface area (Å²) in [6.45, 7) is 15.0. The van der Waals surface area contributed by atoms with Crippen LogP contribution in [0.4, 0.5) is 5.69 Å². The molecule has 30 heavy (non-hydrogen) atoms. The normalized spacial score (nSPS) is 20.4. The molecule has 6 heteroatoms. The second-order valence-electron chi connectivity index (χ2n) is 9.97. The van der Waals surface area contributed by atoms with Crippen LogP contribution < -0.4 is 0 Å². The number of benzene rings is 2. The van der Waals surface area contributed by atoms with Crippen LogP contribution in [0.1, 0.15) is 37.8 Å². The number of rotatable bonds is 7. The van der Waals surface area contributed by atoms with Crippen molar-refractivity contribution in [2.45, 2.75) is 51.4 Å². The molecule has 1 saturated heterocycles. The number of non-ortho nitro benzene ring substituents is 1.